The predicted molar refractivity (Wildman–Crippen MR) is 141 cm³/mol. The highest BCUT2D eigenvalue weighted by molar-refractivity contribution is 7.91. The fourth-order valence-corrected chi connectivity index (χ4v) is 5.88. The van der Waals surface area contributed by atoms with Crippen molar-refractivity contribution in [1.29, 1.82) is 0 Å². The maximum atomic E-state index is 13.6. The minimum atomic E-state index is -4.83. The Balaban J connectivity index is 1.77. The lowest BCUT2D eigenvalue weighted by Gasteiger charge is -2.39. The first-order chi connectivity index (χ1) is 17.6. The number of nitrogens with zero attached hydrogens (tertiary/aromatic N) is 1. The lowest BCUT2D eigenvalue weighted by atomic mass is 9.78. The van der Waals surface area contributed by atoms with Crippen LogP contribution >= 0.6 is 23.2 Å². The summed E-state index contributed by atoms with van der Waals surface area (Å²) in [5.74, 6) is -0.763. The molecular formula is C25H30Cl2F3N3O4S. The van der Waals surface area contributed by atoms with Crippen LogP contribution in [0.25, 0.3) is 0 Å². The number of nitrogens with one attached hydrogen (secondary N) is 1. The number of hydrogen-bond donors (Lipinski definition) is 2. The minimum absolute atomic E-state index is 0.0376. The highest BCUT2D eigenvalue weighted by atomic mass is 35.5. The number of nitrogens with two attached hydrogens (primary N) is 1. The first-order valence-corrected chi connectivity index (χ1v) is 14.6. The summed E-state index contributed by atoms with van der Waals surface area (Å²) in [5, 5.41) is 2.90. The third kappa shape index (κ3) is 7.98. The third-order valence-electron chi connectivity index (χ3n) is 6.86. The van der Waals surface area contributed by atoms with Crippen molar-refractivity contribution in [3.8, 4) is 5.75 Å². The molecule has 1 aliphatic heterocycles. The maximum absolute atomic E-state index is 13.6. The second-order valence-corrected chi connectivity index (χ2v) is 12.8. The van der Waals surface area contributed by atoms with E-state index in [1.165, 1.54) is 24.5 Å². The molecule has 1 fully saturated rings. The van der Waals surface area contributed by atoms with Crippen LogP contribution in [0.2, 0.25) is 10.0 Å². The third-order valence-corrected chi connectivity index (χ3v) is 9.24. The van der Waals surface area contributed by atoms with Crippen LogP contribution in [-0.2, 0) is 26.6 Å². The summed E-state index contributed by atoms with van der Waals surface area (Å²) in [7, 11) is -3.21. The number of halogens is 5. The van der Waals surface area contributed by atoms with Gasteiger partial charge in [-0.3, -0.25) is 9.69 Å². The summed E-state index contributed by atoms with van der Waals surface area (Å²) in [6, 6.07) is 10.3. The number of carbonyl (C=O) groups excluding carboxylic acids is 1. The molecule has 3 atom stereocenters. The van der Waals surface area contributed by atoms with E-state index in [1.54, 1.807) is 31.2 Å². The van der Waals surface area contributed by atoms with Gasteiger partial charge in [-0.25, -0.2) is 8.42 Å². The molecule has 210 valence electrons. The van der Waals surface area contributed by atoms with Gasteiger partial charge in [0, 0.05) is 25.9 Å². The monoisotopic (exact) mass is 595 g/mol. The van der Waals surface area contributed by atoms with E-state index in [-0.39, 0.29) is 23.2 Å². The van der Waals surface area contributed by atoms with Crippen molar-refractivity contribution in [2.24, 2.45) is 5.73 Å². The van der Waals surface area contributed by atoms with Crippen LogP contribution in [0.15, 0.2) is 42.5 Å². The van der Waals surface area contributed by atoms with E-state index in [1.807, 2.05) is 4.90 Å². The van der Waals surface area contributed by atoms with E-state index in [0.29, 0.717) is 48.5 Å². The molecule has 38 heavy (non-hydrogen) atoms. The van der Waals surface area contributed by atoms with E-state index in [9.17, 15) is 26.4 Å². The molecule has 0 bridgehead atoms. The van der Waals surface area contributed by atoms with Crippen molar-refractivity contribution in [3.63, 3.8) is 0 Å². The number of carbonyl (C=O) groups is 1. The summed E-state index contributed by atoms with van der Waals surface area (Å²) in [4.78, 5) is 15.5. The van der Waals surface area contributed by atoms with Crippen LogP contribution in [0.4, 0.5) is 13.2 Å². The molecule has 0 aliphatic carbocycles. The van der Waals surface area contributed by atoms with Gasteiger partial charge in [-0.05, 0) is 61.6 Å². The number of alkyl halides is 3. The van der Waals surface area contributed by atoms with E-state index >= 15 is 0 Å². The van der Waals surface area contributed by atoms with E-state index in [4.69, 9.17) is 28.9 Å². The Labute approximate surface area is 230 Å². The number of hydrogen-bond acceptors (Lipinski definition) is 6. The second-order valence-electron chi connectivity index (χ2n) is 9.67. The standard InChI is InChI=1S/C25H30Cl2F3N3O4S/c1-24(17-6-7-20(26)21(27)13-17,9-11-33-10-8-19(14-22(33)31)38(2,35)36)23(34)32-15-16-4-3-5-18(12-16)37-25(28,29)30/h3-7,12-13,19,22H,8-11,14-15,31H2,1-2H3,(H,32,34). The molecule has 3 N–H and O–H groups in total. The van der Waals surface area contributed by atoms with Crippen molar-refractivity contribution in [2.45, 2.75) is 55.9 Å². The van der Waals surface area contributed by atoms with Crippen LogP contribution in [0, 0.1) is 0 Å². The van der Waals surface area contributed by atoms with E-state index < -0.39 is 33.0 Å². The Morgan fingerprint density at radius 1 is 1.18 bits per heavy atom. The highest BCUT2D eigenvalue weighted by Gasteiger charge is 2.38. The molecule has 7 nitrogen and oxygen atoms in total. The Kier molecular flexibility index (Phi) is 9.63. The van der Waals surface area contributed by atoms with E-state index in [2.05, 4.69) is 10.1 Å². The van der Waals surface area contributed by atoms with Crippen molar-refractivity contribution >= 4 is 38.9 Å². The molecule has 1 heterocycles. The summed E-state index contributed by atoms with van der Waals surface area (Å²) in [6.45, 7) is 2.56. The molecule has 3 unspecified atom stereocenters. The zero-order valence-corrected chi connectivity index (χ0v) is 23.2. The van der Waals surface area contributed by atoms with Crippen molar-refractivity contribution in [3.05, 3.63) is 63.6 Å². The molecule has 1 aliphatic rings. The number of amides is 1. The molecule has 2 aromatic carbocycles. The molecule has 1 amide bonds. The second kappa shape index (κ2) is 12.0. The van der Waals surface area contributed by atoms with Gasteiger partial charge in [0.05, 0.1) is 26.9 Å². The number of piperidine rings is 1. The maximum Gasteiger partial charge on any atom is 0.573 e. The highest BCUT2D eigenvalue weighted by Crippen LogP contribution is 2.34. The van der Waals surface area contributed by atoms with Crippen LogP contribution in [0.1, 0.15) is 37.3 Å². The largest absolute Gasteiger partial charge is 0.573 e. The Hall–Kier alpha value is -2.05. The summed E-state index contributed by atoms with van der Waals surface area (Å²) >= 11 is 12.3. The topological polar surface area (TPSA) is 102 Å². The molecule has 0 aromatic heterocycles. The summed E-state index contributed by atoms with van der Waals surface area (Å²) in [6.07, 6.45) is -3.06. The van der Waals surface area contributed by atoms with Crippen molar-refractivity contribution < 1.29 is 31.1 Å². The van der Waals surface area contributed by atoms with Crippen LogP contribution < -0.4 is 15.8 Å². The van der Waals surface area contributed by atoms with Crippen molar-refractivity contribution in [1.82, 2.24) is 10.2 Å². The first-order valence-electron chi connectivity index (χ1n) is 11.9. The van der Waals surface area contributed by atoms with Gasteiger partial charge in [-0.15, -0.1) is 13.2 Å². The van der Waals surface area contributed by atoms with E-state index in [0.717, 1.165) is 0 Å². The lowest BCUT2D eigenvalue weighted by molar-refractivity contribution is -0.274. The number of benzene rings is 2. The number of rotatable bonds is 9. The van der Waals surface area contributed by atoms with Crippen LogP contribution in [0.5, 0.6) is 5.75 Å². The van der Waals surface area contributed by atoms with Gasteiger partial charge >= 0.3 is 6.36 Å². The van der Waals surface area contributed by atoms with Gasteiger partial charge in [0.15, 0.2) is 0 Å². The molecule has 0 radical (unpaired) electrons. The van der Waals surface area contributed by atoms with Crippen LogP contribution in [-0.4, -0.2) is 56.3 Å². The lowest BCUT2D eigenvalue weighted by Crippen LogP contribution is -2.53. The predicted octanol–water partition coefficient (Wildman–Crippen LogP) is 4.65. The van der Waals surface area contributed by atoms with Gasteiger partial charge in [0.25, 0.3) is 0 Å². The molecule has 13 heteroatoms. The zero-order valence-electron chi connectivity index (χ0n) is 20.9. The average Bonchev–Trinajstić information content (AvgIpc) is 2.81. The SMILES string of the molecule is CC(CCN1CCC(S(C)(=O)=O)CC1N)(C(=O)NCc1cccc(OC(F)(F)F)c1)c1ccc(Cl)c(Cl)c1. The van der Waals surface area contributed by atoms with Crippen molar-refractivity contribution in [2.75, 3.05) is 19.3 Å². The number of likely N-dealkylation sites (tertiary alicyclic amines) is 1. The molecule has 0 spiro atoms. The van der Waals surface area contributed by atoms with Gasteiger partial charge in [0.2, 0.25) is 5.91 Å². The fraction of sp³-hybridized carbons (Fsp3) is 0.480. The number of sulfone groups is 1. The normalized spacial score (nSPS) is 20.5. The summed E-state index contributed by atoms with van der Waals surface area (Å²) in [5.41, 5.74) is 6.18. The molecular weight excluding hydrogens is 566 g/mol. The van der Waals surface area contributed by atoms with Gasteiger partial charge in [-0.2, -0.15) is 0 Å². The van der Waals surface area contributed by atoms with Gasteiger partial charge in [-0.1, -0.05) is 41.4 Å². The number of ether oxygens (including phenoxy) is 1. The Morgan fingerprint density at radius 3 is 2.50 bits per heavy atom. The summed E-state index contributed by atoms with van der Waals surface area (Å²) < 4.78 is 65.6. The molecule has 3 rings (SSSR count). The molecule has 0 saturated carbocycles. The van der Waals surface area contributed by atoms with Gasteiger partial charge < -0.3 is 15.8 Å². The van der Waals surface area contributed by atoms with Crippen LogP contribution in [0.3, 0.4) is 0 Å². The quantitative estimate of drug-likeness (QED) is 0.437. The average molecular weight is 596 g/mol. The fourth-order valence-electron chi connectivity index (χ4n) is 4.50. The zero-order chi connectivity index (χ0) is 28.3. The Bertz CT molecular complexity index is 1260. The Morgan fingerprint density at radius 2 is 1.89 bits per heavy atom. The van der Waals surface area contributed by atoms with Gasteiger partial charge in [0.1, 0.15) is 15.6 Å². The first kappa shape index (κ1) is 30.5. The minimum Gasteiger partial charge on any atom is -0.406 e. The molecule has 1 saturated heterocycles. The smallest absolute Gasteiger partial charge is 0.406 e. The molecule has 2 aromatic rings.